The summed E-state index contributed by atoms with van der Waals surface area (Å²) in [4.78, 5) is 38.7. The number of halogens is 1. The molecule has 0 saturated carbocycles. The van der Waals surface area contributed by atoms with E-state index in [1.807, 2.05) is 12.1 Å². The first kappa shape index (κ1) is 25.6. The zero-order valence-electron chi connectivity index (χ0n) is 19.0. The minimum atomic E-state index is -0.933. The number of carbonyl (C=O) groups excluding carboxylic acids is 2. The molecular weight excluding hydrogens is 522 g/mol. The van der Waals surface area contributed by atoms with Crippen LogP contribution >= 0.6 is 35.6 Å². The molecule has 2 heterocycles. The van der Waals surface area contributed by atoms with Crippen molar-refractivity contribution in [3.63, 3.8) is 0 Å². The highest BCUT2D eigenvalue weighted by Gasteiger charge is 2.32. The normalized spacial score (nSPS) is 14.5. The van der Waals surface area contributed by atoms with Crippen LogP contribution < -0.4 is 4.74 Å². The zero-order valence-corrected chi connectivity index (χ0v) is 21.4. The maximum absolute atomic E-state index is 13.1. The summed E-state index contributed by atoms with van der Waals surface area (Å²) in [5, 5.41) is 13.9. The minimum absolute atomic E-state index is 0.0582. The second-order valence-corrected chi connectivity index (χ2v) is 9.86. The standard InChI is InChI=1S/C25H20ClN3O5S2/c1-34-19-10-6-15(7-11-19)22-17(14-29(27-22)23(32)16-4-8-18(26)9-5-16)13-20-24(33)28(25(35)36-20)12-2-3-21(30)31/h4-11,13-14H,2-3,12H2,1H3,(H,30,31)/b20-13+. The predicted molar refractivity (Wildman–Crippen MR) is 142 cm³/mol. The van der Waals surface area contributed by atoms with E-state index in [0.717, 1.165) is 17.3 Å². The molecule has 0 radical (unpaired) electrons. The predicted octanol–water partition coefficient (Wildman–Crippen LogP) is 4.97. The molecule has 1 fully saturated rings. The Bertz CT molecular complexity index is 1370. The largest absolute Gasteiger partial charge is 0.497 e. The highest BCUT2D eigenvalue weighted by Crippen LogP contribution is 2.35. The summed E-state index contributed by atoms with van der Waals surface area (Å²) in [6.45, 7) is 0.216. The molecule has 8 nitrogen and oxygen atoms in total. The Morgan fingerprint density at radius 1 is 1.17 bits per heavy atom. The third-order valence-corrected chi connectivity index (χ3v) is 6.97. The lowest BCUT2D eigenvalue weighted by Gasteiger charge is -2.13. The zero-order chi connectivity index (χ0) is 25.8. The summed E-state index contributed by atoms with van der Waals surface area (Å²) in [5.74, 6) is -0.938. The number of thiocarbonyl (C=S) groups is 1. The smallest absolute Gasteiger partial charge is 0.303 e. The van der Waals surface area contributed by atoms with Crippen LogP contribution in [0.15, 0.2) is 59.6 Å². The maximum atomic E-state index is 13.1. The summed E-state index contributed by atoms with van der Waals surface area (Å²) >= 11 is 12.4. The fourth-order valence-corrected chi connectivity index (χ4v) is 4.94. The van der Waals surface area contributed by atoms with Gasteiger partial charge in [-0.3, -0.25) is 19.3 Å². The molecule has 1 saturated heterocycles. The number of hydrogen-bond donors (Lipinski definition) is 1. The van der Waals surface area contributed by atoms with Gasteiger partial charge < -0.3 is 9.84 Å². The van der Waals surface area contributed by atoms with Gasteiger partial charge in [0.25, 0.3) is 11.8 Å². The number of methoxy groups -OCH3 is 1. The van der Waals surface area contributed by atoms with Gasteiger partial charge in [0.15, 0.2) is 0 Å². The number of carboxylic acids is 1. The molecule has 1 amide bonds. The van der Waals surface area contributed by atoms with Crippen molar-refractivity contribution in [1.29, 1.82) is 0 Å². The average molecular weight is 542 g/mol. The van der Waals surface area contributed by atoms with Crippen molar-refractivity contribution in [2.75, 3.05) is 13.7 Å². The molecule has 184 valence electrons. The molecule has 0 bridgehead atoms. The molecule has 0 aliphatic carbocycles. The van der Waals surface area contributed by atoms with Crippen molar-refractivity contribution in [2.24, 2.45) is 0 Å². The number of benzene rings is 2. The summed E-state index contributed by atoms with van der Waals surface area (Å²) in [6.07, 6.45) is 3.44. The van der Waals surface area contributed by atoms with E-state index in [4.69, 9.17) is 33.7 Å². The Morgan fingerprint density at radius 3 is 2.50 bits per heavy atom. The number of aromatic nitrogens is 2. The van der Waals surface area contributed by atoms with Gasteiger partial charge in [0, 0.05) is 40.9 Å². The van der Waals surface area contributed by atoms with Crippen LogP contribution in [-0.4, -0.2) is 55.5 Å². The Balaban J connectivity index is 1.70. The van der Waals surface area contributed by atoms with E-state index in [1.54, 1.807) is 55.8 Å². The van der Waals surface area contributed by atoms with Crippen molar-refractivity contribution < 1.29 is 24.2 Å². The summed E-state index contributed by atoms with van der Waals surface area (Å²) < 4.78 is 6.81. The lowest BCUT2D eigenvalue weighted by atomic mass is 10.1. The third kappa shape index (κ3) is 5.67. The maximum Gasteiger partial charge on any atom is 0.303 e. The van der Waals surface area contributed by atoms with Gasteiger partial charge in [-0.1, -0.05) is 35.6 Å². The van der Waals surface area contributed by atoms with Crippen LogP contribution in [0.5, 0.6) is 5.75 Å². The number of thioether (sulfide) groups is 1. The Morgan fingerprint density at radius 2 is 1.86 bits per heavy atom. The van der Waals surface area contributed by atoms with Crippen LogP contribution in [0.25, 0.3) is 17.3 Å². The molecule has 36 heavy (non-hydrogen) atoms. The second kappa shape index (κ2) is 11.1. The minimum Gasteiger partial charge on any atom is -0.497 e. The lowest BCUT2D eigenvalue weighted by molar-refractivity contribution is -0.137. The van der Waals surface area contributed by atoms with E-state index in [2.05, 4.69) is 5.10 Å². The first-order valence-electron chi connectivity index (χ1n) is 10.8. The SMILES string of the molecule is COc1ccc(-c2nn(C(=O)c3ccc(Cl)cc3)cc2/C=C2/SC(=S)N(CCCC(=O)O)C2=O)cc1. The van der Waals surface area contributed by atoms with Crippen molar-refractivity contribution in [2.45, 2.75) is 12.8 Å². The van der Waals surface area contributed by atoms with E-state index in [0.29, 0.717) is 43.2 Å². The molecule has 0 spiro atoms. The Kier molecular flexibility index (Phi) is 7.88. The fourth-order valence-electron chi connectivity index (χ4n) is 3.52. The van der Waals surface area contributed by atoms with E-state index < -0.39 is 5.97 Å². The molecule has 3 aromatic rings. The molecular formula is C25H20ClN3O5S2. The number of carboxylic acid groups (broad SMARTS) is 1. The van der Waals surface area contributed by atoms with Crippen LogP contribution in [0.1, 0.15) is 28.8 Å². The second-order valence-electron chi connectivity index (χ2n) is 7.75. The molecule has 11 heteroatoms. The molecule has 1 N–H and O–H groups in total. The van der Waals surface area contributed by atoms with Crippen molar-refractivity contribution >= 4 is 63.8 Å². The van der Waals surface area contributed by atoms with Gasteiger partial charge in [-0.2, -0.15) is 5.10 Å². The van der Waals surface area contributed by atoms with Crippen LogP contribution in [0.2, 0.25) is 5.02 Å². The Labute approximate surface area is 221 Å². The van der Waals surface area contributed by atoms with Gasteiger partial charge in [0.05, 0.1) is 12.0 Å². The molecule has 1 aliphatic rings. The molecule has 4 rings (SSSR count). The van der Waals surface area contributed by atoms with E-state index in [-0.39, 0.29) is 24.8 Å². The topological polar surface area (TPSA) is 102 Å². The number of rotatable bonds is 8. The van der Waals surface area contributed by atoms with Gasteiger partial charge in [0.2, 0.25) is 0 Å². The Hall–Kier alpha value is -3.47. The highest BCUT2D eigenvalue weighted by atomic mass is 35.5. The van der Waals surface area contributed by atoms with Gasteiger partial charge in [-0.05, 0) is 61.0 Å². The third-order valence-electron chi connectivity index (χ3n) is 5.34. The van der Waals surface area contributed by atoms with Crippen molar-refractivity contribution in [1.82, 2.24) is 14.7 Å². The van der Waals surface area contributed by atoms with E-state index in [1.165, 1.54) is 9.58 Å². The lowest BCUT2D eigenvalue weighted by Crippen LogP contribution is -2.29. The van der Waals surface area contributed by atoms with Crippen LogP contribution in [0.4, 0.5) is 0 Å². The first-order chi connectivity index (χ1) is 17.3. The number of nitrogens with zero attached hydrogens (tertiary/aromatic N) is 3. The van der Waals surface area contributed by atoms with Crippen molar-refractivity contribution in [3.05, 3.63) is 75.8 Å². The molecule has 0 unspecified atom stereocenters. The van der Waals surface area contributed by atoms with Crippen LogP contribution in [0.3, 0.4) is 0 Å². The van der Waals surface area contributed by atoms with Gasteiger partial charge in [0.1, 0.15) is 15.8 Å². The highest BCUT2D eigenvalue weighted by molar-refractivity contribution is 8.26. The van der Waals surface area contributed by atoms with Crippen LogP contribution in [-0.2, 0) is 9.59 Å². The molecule has 0 atom stereocenters. The summed E-state index contributed by atoms with van der Waals surface area (Å²) in [5.41, 5.74) is 2.17. The molecule has 2 aromatic carbocycles. The number of aliphatic carboxylic acids is 1. The monoisotopic (exact) mass is 541 g/mol. The number of carbonyl (C=O) groups is 3. The van der Waals surface area contributed by atoms with Gasteiger partial charge in [-0.25, -0.2) is 4.68 Å². The number of amides is 1. The van der Waals surface area contributed by atoms with Crippen LogP contribution in [0, 0.1) is 0 Å². The van der Waals surface area contributed by atoms with Gasteiger partial charge >= 0.3 is 5.97 Å². The van der Waals surface area contributed by atoms with Gasteiger partial charge in [-0.15, -0.1) is 0 Å². The number of ether oxygens (including phenoxy) is 1. The first-order valence-corrected chi connectivity index (χ1v) is 12.4. The molecule has 1 aromatic heterocycles. The van der Waals surface area contributed by atoms with E-state index in [9.17, 15) is 14.4 Å². The average Bonchev–Trinajstić information content (AvgIpc) is 3.40. The number of hydrogen-bond acceptors (Lipinski definition) is 7. The fraction of sp³-hybridized carbons (Fsp3) is 0.160. The quantitative estimate of drug-likeness (QED) is 0.315. The molecule has 1 aliphatic heterocycles. The van der Waals surface area contributed by atoms with Crippen molar-refractivity contribution in [3.8, 4) is 17.0 Å². The van der Waals surface area contributed by atoms with E-state index >= 15 is 0 Å². The summed E-state index contributed by atoms with van der Waals surface area (Å²) in [7, 11) is 1.57. The summed E-state index contributed by atoms with van der Waals surface area (Å²) in [6, 6.07) is 13.7.